The van der Waals surface area contributed by atoms with Crippen molar-refractivity contribution >= 4 is 11.6 Å². The molecule has 0 bridgehead atoms. The Hall–Kier alpha value is -1.62. The van der Waals surface area contributed by atoms with E-state index in [1.54, 1.807) is 0 Å². The number of amides is 1. The molecule has 21 heavy (non-hydrogen) atoms. The number of carbonyl (C=O) groups is 1. The smallest absolute Gasteiger partial charge is 0.237 e. The van der Waals surface area contributed by atoms with Gasteiger partial charge in [-0.25, -0.2) is 0 Å². The lowest BCUT2D eigenvalue weighted by Crippen LogP contribution is -2.46. The molecular weight excluding hydrogens is 264 g/mol. The first-order valence-corrected chi connectivity index (χ1v) is 7.76. The lowest BCUT2D eigenvalue weighted by Gasteiger charge is -2.33. The number of piperidine rings is 1. The minimum Gasteiger partial charge on any atom is -0.371 e. The largest absolute Gasteiger partial charge is 0.371 e. The zero-order valence-corrected chi connectivity index (χ0v) is 13.0. The van der Waals surface area contributed by atoms with Crippen molar-refractivity contribution < 1.29 is 4.79 Å². The van der Waals surface area contributed by atoms with Crippen molar-refractivity contribution in [3.05, 3.63) is 24.5 Å². The number of nitrogens with one attached hydrogen (secondary N) is 1. The summed E-state index contributed by atoms with van der Waals surface area (Å²) in [4.78, 5) is 18.3. The van der Waals surface area contributed by atoms with E-state index in [0.717, 1.165) is 32.5 Å². The third-order valence-corrected chi connectivity index (χ3v) is 4.23. The maximum atomic E-state index is 11.9. The van der Waals surface area contributed by atoms with Gasteiger partial charge >= 0.3 is 0 Å². The van der Waals surface area contributed by atoms with E-state index in [1.807, 2.05) is 38.4 Å². The molecule has 2 rings (SSSR count). The molecule has 0 radical (unpaired) electrons. The van der Waals surface area contributed by atoms with Crippen LogP contribution in [0.25, 0.3) is 0 Å². The molecule has 1 amide bonds. The van der Waals surface area contributed by atoms with Crippen LogP contribution >= 0.6 is 0 Å². The summed E-state index contributed by atoms with van der Waals surface area (Å²) in [6.07, 6.45) is 5.85. The highest BCUT2D eigenvalue weighted by molar-refractivity contribution is 5.81. The number of pyridine rings is 1. The van der Waals surface area contributed by atoms with Gasteiger partial charge in [0.05, 0.1) is 6.04 Å². The van der Waals surface area contributed by atoms with E-state index in [2.05, 4.69) is 15.2 Å². The van der Waals surface area contributed by atoms with Crippen LogP contribution in [-0.4, -0.2) is 36.6 Å². The van der Waals surface area contributed by atoms with Crippen LogP contribution in [0.4, 0.5) is 5.69 Å². The van der Waals surface area contributed by atoms with Gasteiger partial charge in [-0.1, -0.05) is 13.8 Å². The van der Waals surface area contributed by atoms with Gasteiger partial charge in [0.1, 0.15) is 0 Å². The molecule has 0 spiro atoms. The van der Waals surface area contributed by atoms with Gasteiger partial charge in [-0.2, -0.15) is 0 Å². The number of rotatable bonds is 5. The molecule has 0 unspecified atom stereocenters. The van der Waals surface area contributed by atoms with Gasteiger partial charge in [0.2, 0.25) is 5.91 Å². The molecule has 1 aromatic heterocycles. The van der Waals surface area contributed by atoms with Crippen LogP contribution in [0.15, 0.2) is 24.5 Å². The summed E-state index contributed by atoms with van der Waals surface area (Å²) < 4.78 is 0. The first-order valence-electron chi connectivity index (χ1n) is 7.76. The minimum absolute atomic E-state index is 0.0263. The lowest BCUT2D eigenvalue weighted by molar-refractivity contribution is -0.123. The fourth-order valence-electron chi connectivity index (χ4n) is 2.62. The average molecular weight is 290 g/mol. The number of hydrogen-bond donors (Lipinski definition) is 2. The molecule has 2 heterocycles. The van der Waals surface area contributed by atoms with Gasteiger partial charge in [-0.05, 0) is 36.8 Å². The Morgan fingerprint density at radius 2 is 2.00 bits per heavy atom. The van der Waals surface area contributed by atoms with Crippen molar-refractivity contribution in [1.29, 1.82) is 0 Å². The molecule has 1 aromatic rings. The van der Waals surface area contributed by atoms with Gasteiger partial charge in [0.15, 0.2) is 0 Å². The molecular formula is C16H26N4O. The summed E-state index contributed by atoms with van der Waals surface area (Å²) in [6, 6.07) is 3.69. The van der Waals surface area contributed by atoms with Crippen LogP contribution in [0.5, 0.6) is 0 Å². The predicted molar refractivity (Wildman–Crippen MR) is 85.0 cm³/mol. The van der Waals surface area contributed by atoms with Gasteiger partial charge in [0.25, 0.3) is 0 Å². The highest BCUT2D eigenvalue weighted by Crippen LogP contribution is 2.22. The van der Waals surface area contributed by atoms with Crippen LogP contribution < -0.4 is 16.0 Å². The van der Waals surface area contributed by atoms with Crippen molar-refractivity contribution in [2.45, 2.75) is 32.7 Å². The van der Waals surface area contributed by atoms with Crippen molar-refractivity contribution in [2.75, 3.05) is 24.5 Å². The molecule has 1 aliphatic rings. The van der Waals surface area contributed by atoms with Crippen LogP contribution in [0.3, 0.4) is 0 Å². The quantitative estimate of drug-likeness (QED) is 0.860. The zero-order chi connectivity index (χ0) is 15.2. The second kappa shape index (κ2) is 7.41. The van der Waals surface area contributed by atoms with E-state index >= 15 is 0 Å². The monoisotopic (exact) mass is 290 g/mol. The summed E-state index contributed by atoms with van der Waals surface area (Å²) in [5, 5.41) is 3.00. The molecule has 0 aliphatic carbocycles. The van der Waals surface area contributed by atoms with Crippen molar-refractivity contribution in [2.24, 2.45) is 17.6 Å². The molecule has 1 aliphatic heterocycles. The maximum absolute atomic E-state index is 11.9. The van der Waals surface area contributed by atoms with E-state index in [1.165, 1.54) is 5.69 Å². The molecule has 116 valence electrons. The summed E-state index contributed by atoms with van der Waals surface area (Å²) in [5.74, 6) is 0.700. The van der Waals surface area contributed by atoms with Crippen molar-refractivity contribution in [3.8, 4) is 0 Å². The Morgan fingerprint density at radius 3 is 2.57 bits per heavy atom. The fraction of sp³-hybridized carbons (Fsp3) is 0.625. The summed E-state index contributed by atoms with van der Waals surface area (Å²) >= 11 is 0. The Bertz CT molecular complexity index is 441. The van der Waals surface area contributed by atoms with Gasteiger partial charge in [0, 0.05) is 37.7 Å². The Labute approximate surface area is 126 Å². The number of nitrogens with two attached hydrogens (primary N) is 1. The standard InChI is InChI=1S/C16H26N4O/c1-12(2)15(17)16(21)19-11-13-5-9-20(10-6-13)14-3-7-18-8-4-14/h3-4,7-8,12-13,15H,5-6,9-11,17H2,1-2H3,(H,19,21)/t15-/m0/s1. The second-order valence-electron chi connectivity index (χ2n) is 6.15. The van der Waals surface area contributed by atoms with E-state index in [9.17, 15) is 4.79 Å². The van der Waals surface area contributed by atoms with Crippen LogP contribution in [0.1, 0.15) is 26.7 Å². The van der Waals surface area contributed by atoms with Gasteiger partial charge in [-0.15, -0.1) is 0 Å². The number of aromatic nitrogens is 1. The summed E-state index contributed by atoms with van der Waals surface area (Å²) in [6.45, 7) is 6.74. The highest BCUT2D eigenvalue weighted by Gasteiger charge is 2.22. The zero-order valence-electron chi connectivity index (χ0n) is 13.0. The highest BCUT2D eigenvalue weighted by atomic mass is 16.2. The third kappa shape index (κ3) is 4.43. The first-order chi connectivity index (χ1) is 10.1. The minimum atomic E-state index is -0.401. The van der Waals surface area contributed by atoms with Gasteiger partial charge < -0.3 is 16.0 Å². The van der Waals surface area contributed by atoms with Crippen molar-refractivity contribution in [3.63, 3.8) is 0 Å². The van der Waals surface area contributed by atoms with E-state index in [0.29, 0.717) is 5.92 Å². The molecule has 3 N–H and O–H groups in total. The molecule has 1 fully saturated rings. The molecule has 5 nitrogen and oxygen atoms in total. The molecule has 0 saturated carbocycles. The fourth-order valence-corrected chi connectivity index (χ4v) is 2.62. The predicted octanol–water partition coefficient (Wildman–Crippen LogP) is 1.40. The van der Waals surface area contributed by atoms with Crippen molar-refractivity contribution in [1.82, 2.24) is 10.3 Å². The Balaban J connectivity index is 1.73. The Kier molecular flexibility index (Phi) is 5.56. The molecule has 1 atom stereocenters. The first kappa shape index (κ1) is 15.8. The molecule has 5 heteroatoms. The number of hydrogen-bond acceptors (Lipinski definition) is 4. The number of nitrogens with zero attached hydrogens (tertiary/aromatic N) is 2. The third-order valence-electron chi connectivity index (χ3n) is 4.23. The van der Waals surface area contributed by atoms with E-state index in [4.69, 9.17) is 5.73 Å². The number of carbonyl (C=O) groups excluding carboxylic acids is 1. The summed E-state index contributed by atoms with van der Waals surface area (Å²) in [5.41, 5.74) is 7.08. The van der Waals surface area contributed by atoms with E-state index in [-0.39, 0.29) is 11.8 Å². The molecule has 1 saturated heterocycles. The van der Waals surface area contributed by atoms with E-state index < -0.39 is 6.04 Å². The lowest BCUT2D eigenvalue weighted by atomic mass is 9.96. The van der Waals surface area contributed by atoms with Crippen LogP contribution in [0, 0.1) is 11.8 Å². The Morgan fingerprint density at radius 1 is 1.38 bits per heavy atom. The maximum Gasteiger partial charge on any atom is 0.237 e. The SMILES string of the molecule is CC(C)[C@H](N)C(=O)NCC1CCN(c2ccncc2)CC1. The van der Waals surface area contributed by atoms with Crippen LogP contribution in [0.2, 0.25) is 0 Å². The van der Waals surface area contributed by atoms with Gasteiger partial charge in [-0.3, -0.25) is 9.78 Å². The number of anilines is 1. The molecule has 0 aromatic carbocycles. The summed E-state index contributed by atoms with van der Waals surface area (Å²) in [7, 11) is 0. The second-order valence-corrected chi connectivity index (χ2v) is 6.15. The normalized spacial score (nSPS) is 17.8. The van der Waals surface area contributed by atoms with Crippen LogP contribution in [-0.2, 0) is 4.79 Å². The topological polar surface area (TPSA) is 71.2 Å². The average Bonchev–Trinajstić information content (AvgIpc) is 2.53.